The number of hydrogen-bond donors (Lipinski definition) is 1. The van der Waals surface area contributed by atoms with Crippen LogP contribution >= 0.6 is 0 Å². The van der Waals surface area contributed by atoms with Crippen LogP contribution in [0.1, 0.15) is 38.3 Å². The third-order valence-electron chi connectivity index (χ3n) is 3.85. The maximum Gasteiger partial charge on any atom is 0.0496 e. The second-order valence-electron chi connectivity index (χ2n) is 5.43. The van der Waals surface area contributed by atoms with Crippen molar-refractivity contribution < 1.29 is 0 Å². The number of likely N-dealkylation sites (tertiary alicyclic amines) is 1. The zero-order valence-corrected chi connectivity index (χ0v) is 11.0. The van der Waals surface area contributed by atoms with Gasteiger partial charge in [0.25, 0.3) is 0 Å². The van der Waals surface area contributed by atoms with E-state index in [2.05, 4.69) is 49.1 Å². The molecule has 0 amide bonds. The van der Waals surface area contributed by atoms with Crippen molar-refractivity contribution in [2.45, 2.75) is 38.8 Å². The Morgan fingerprint density at radius 1 is 1.18 bits per heavy atom. The fourth-order valence-electron chi connectivity index (χ4n) is 2.80. The van der Waals surface area contributed by atoms with Crippen molar-refractivity contribution >= 4 is 0 Å². The molecule has 2 atom stereocenters. The highest BCUT2D eigenvalue weighted by Gasteiger charge is 2.26. The van der Waals surface area contributed by atoms with Gasteiger partial charge in [0.15, 0.2) is 0 Å². The van der Waals surface area contributed by atoms with Crippen molar-refractivity contribution in [3.8, 4) is 0 Å². The Bertz CT molecular complexity index is 326. The molecule has 2 N–H and O–H groups in total. The van der Waals surface area contributed by atoms with Crippen LogP contribution in [0.3, 0.4) is 0 Å². The molecule has 1 fully saturated rings. The molecule has 94 valence electrons. The zero-order chi connectivity index (χ0) is 12.3. The first kappa shape index (κ1) is 12.6. The van der Waals surface area contributed by atoms with Gasteiger partial charge in [0.2, 0.25) is 0 Å². The van der Waals surface area contributed by atoms with Gasteiger partial charge < -0.3 is 5.73 Å². The molecule has 1 aliphatic heterocycles. The van der Waals surface area contributed by atoms with E-state index in [9.17, 15) is 0 Å². The largest absolute Gasteiger partial charge is 0.326 e. The summed E-state index contributed by atoms with van der Waals surface area (Å²) in [5.41, 5.74) is 7.55. The van der Waals surface area contributed by atoms with Crippen molar-refractivity contribution in [1.29, 1.82) is 0 Å². The average molecular weight is 232 g/mol. The molecule has 1 aromatic rings. The molecular formula is C15H24N2. The highest BCUT2D eigenvalue weighted by atomic mass is 15.2. The first-order valence-corrected chi connectivity index (χ1v) is 6.73. The lowest BCUT2D eigenvalue weighted by Crippen LogP contribution is -2.43. The normalized spacial score (nSPS) is 22.3. The zero-order valence-electron chi connectivity index (χ0n) is 11.0. The van der Waals surface area contributed by atoms with Crippen LogP contribution in [0.4, 0.5) is 0 Å². The summed E-state index contributed by atoms with van der Waals surface area (Å²) in [6, 6.07) is 11.3. The van der Waals surface area contributed by atoms with Gasteiger partial charge in [-0.25, -0.2) is 0 Å². The summed E-state index contributed by atoms with van der Waals surface area (Å²) in [5, 5.41) is 0. The summed E-state index contributed by atoms with van der Waals surface area (Å²) in [4.78, 5) is 2.56. The summed E-state index contributed by atoms with van der Waals surface area (Å²) in [6.45, 7) is 6.83. The van der Waals surface area contributed by atoms with Crippen molar-refractivity contribution in [3.63, 3.8) is 0 Å². The van der Waals surface area contributed by atoms with Crippen molar-refractivity contribution in [3.05, 3.63) is 35.9 Å². The standard InChI is InChI=1S/C15H24N2/c1-12-8-10-17(11-9-12)15(13(2)16)14-6-4-3-5-7-14/h3-7,12-13,15H,8-11,16H2,1-2H3. The summed E-state index contributed by atoms with van der Waals surface area (Å²) < 4.78 is 0. The number of nitrogens with zero attached hydrogens (tertiary/aromatic N) is 1. The molecule has 0 aromatic heterocycles. The van der Waals surface area contributed by atoms with Crippen molar-refractivity contribution in [2.75, 3.05) is 13.1 Å². The van der Waals surface area contributed by atoms with Gasteiger partial charge in [-0.15, -0.1) is 0 Å². The Labute approximate surface area is 105 Å². The minimum Gasteiger partial charge on any atom is -0.326 e. The molecule has 1 aliphatic rings. The van der Waals surface area contributed by atoms with Gasteiger partial charge in [-0.2, -0.15) is 0 Å². The molecule has 2 heteroatoms. The number of rotatable bonds is 3. The highest BCUT2D eigenvalue weighted by Crippen LogP contribution is 2.28. The van der Waals surface area contributed by atoms with Gasteiger partial charge >= 0.3 is 0 Å². The van der Waals surface area contributed by atoms with Crippen LogP contribution in [0.25, 0.3) is 0 Å². The molecular weight excluding hydrogens is 208 g/mol. The van der Waals surface area contributed by atoms with Crippen LogP contribution in [-0.4, -0.2) is 24.0 Å². The molecule has 2 rings (SSSR count). The quantitative estimate of drug-likeness (QED) is 0.868. The van der Waals surface area contributed by atoms with E-state index in [-0.39, 0.29) is 6.04 Å². The van der Waals surface area contributed by atoms with E-state index in [1.807, 2.05) is 0 Å². The monoisotopic (exact) mass is 232 g/mol. The van der Waals surface area contributed by atoms with Crippen LogP contribution in [0.15, 0.2) is 30.3 Å². The first-order valence-electron chi connectivity index (χ1n) is 6.73. The van der Waals surface area contributed by atoms with Gasteiger partial charge in [0.05, 0.1) is 0 Å². The molecule has 0 saturated carbocycles. The second kappa shape index (κ2) is 5.65. The first-order chi connectivity index (χ1) is 8.18. The number of nitrogens with two attached hydrogens (primary N) is 1. The van der Waals surface area contributed by atoms with E-state index in [1.54, 1.807) is 0 Å². The van der Waals surface area contributed by atoms with E-state index in [4.69, 9.17) is 5.73 Å². The van der Waals surface area contributed by atoms with E-state index < -0.39 is 0 Å². The lowest BCUT2D eigenvalue weighted by atomic mass is 9.93. The van der Waals surface area contributed by atoms with Crippen molar-refractivity contribution in [2.24, 2.45) is 11.7 Å². The Hall–Kier alpha value is -0.860. The van der Waals surface area contributed by atoms with E-state index in [1.165, 1.54) is 31.5 Å². The molecule has 17 heavy (non-hydrogen) atoms. The van der Waals surface area contributed by atoms with E-state index >= 15 is 0 Å². The minimum absolute atomic E-state index is 0.186. The Morgan fingerprint density at radius 2 is 1.76 bits per heavy atom. The molecule has 0 aliphatic carbocycles. The Balaban J connectivity index is 2.13. The van der Waals surface area contributed by atoms with Crippen LogP contribution in [-0.2, 0) is 0 Å². The molecule has 0 radical (unpaired) electrons. The molecule has 2 unspecified atom stereocenters. The van der Waals surface area contributed by atoms with E-state index in [0.29, 0.717) is 6.04 Å². The van der Waals surface area contributed by atoms with Crippen molar-refractivity contribution in [1.82, 2.24) is 4.90 Å². The van der Waals surface area contributed by atoms with Gasteiger partial charge in [0.1, 0.15) is 0 Å². The number of benzene rings is 1. The molecule has 0 bridgehead atoms. The fourth-order valence-corrected chi connectivity index (χ4v) is 2.80. The predicted octanol–water partition coefficient (Wildman–Crippen LogP) is 2.81. The Kier molecular flexibility index (Phi) is 4.19. The average Bonchev–Trinajstić information content (AvgIpc) is 2.33. The maximum atomic E-state index is 6.19. The second-order valence-corrected chi connectivity index (χ2v) is 5.43. The van der Waals surface area contributed by atoms with Gasteiger partial charge in [-0.1, -0.05) is 37.3 Å². The third-order valence-corrected chi connectivity index (χ3v) is 3.85. The lowest BCUT2D eigenvalue weighted by Gasteiger charge is -2.38. The summed E-state index contributed by atoms with van der Waals surface area (Å²) in [7, 11) is 0. The molecule has 1 saturated heterocycles. The Morgan fingerprint density at radius 3 is 2.29 bits per heavy atom. The topological polar surface area (TPSA) is 29.3 Å². The van der Waals surface area contributed by atoms with Crippen LogP contribution in [0, 0.1) is 5.92 Å². The third kappa shape index (κ3) is 3.08. The molecule has 1 heterocycles. The molecule has 2 nitrogen and oxygen atoms in total. The van der Waals surface area contributed by atoms with Gasteiger partial charge in [-0.3, -0.25) is 4.90 Å². The predicted molar refractivity (Wildman–Crippen MR) is 72.8 cm³/mol. The maximum absolute atomic E-state index is 6.19. The van der Waals surface area contributed by atoms with Gasteiger partial charge in [-0.05, 0) is 44.3 Å². The fraction of sp³-hybridized carbons (Fsp3) is 0.600. The highest BCUT2D eigenvalue weighted by molar-refractivity contribution is 5.20. The lowest BCUT2D eigenvalue weighted by molar-refractivity contribution is 0.124. The van der Waals surface area contributed by atoms with Gasteiger partial charge in [0, 0.05) is 12.1 Å². The minimum atomic E-state index is 0.186. The smallest absolute Gasteiger partial charge is 0.0496 e. The number of hydrogen-bond acceptors (Lipinski definition) is 2. The van der Waals surface area contributed by atoms with Crippen LogP contribution < -0.4 is 5.73 Å². The SMILES string of the molecule is CC1CCN(C(c2ccccc2)C(C)N)CC1. The number of piperidine rings is 1. The summed E-state index contributed by atoms with van der Waals surface area (Å²) in [6.07, 6.45) is 2.60. The molecule has 0 spiro atoms. The molecule has 1 aromatic carbocycles. The summed E-state index contributed by atoms with van der Waals surface area (Å²) in [5.74, 6) is 0.871. The summed E-state index contributed by atoms with van der Waals surface area (Å²) >= 11 is 0. The van der Waals surface area contributed by atoms with Crippen LogP contribution in [0.5, 0.6) is 0 Å². The van der Waals surface area contributed by atoms with E-state index in [0.717, 1.165) is 5.92 Å². The van der Waals surface area contributed by atoms with Crippen LogP contribution in [0.2, 0.25) is 0 Å².